The molecule has 9 aromatic carbocycles. The van der Waals surface area contributed by atoms with Crippen LogP contribution in [0.3, 0.4) is 0 Å². The monoisotopic (exact) mass is 700 g/mol. The molecule has 0 spiro atoms. The molecule has 0 saturated heterocycles. The first-order valence-electron chi connectivity index (χ1n) is 18.6. The molecule has 0 N–H and O–H groups in total. The van der Waals surface area contributed by atoms with Gasteiger partial charge in [-0.1, -0.05) is 164 Å². The van der Waals surface area contributed by atoms with E-state index < -0.39 is 0 Å². The third-order valence-corrected chi connectivity index (χ3v) is 10.8. The van der Waals surface area contributed by atoms with E-state index in [9.17, 15) is 0 Å². The van der Waals surface area contributed by atoms with Crippen LogP contribution in [0.25, 0.3) is 105 Å². The third kappa shape index (κ3) is 5.19. The van der Waals surface area contributed by atoms with Gasteiger partial charge in [-0.2, -0.15) is 0 Å². The molecule has 11 aromatic rings. The van der Waals surface area contributed by atoms with Gasteiger partial charge < -0.3 is 4.57 Å². The maximum absolute atomic E-state index is 5.17. The van der Waals surface area contributed by atoms with Crippen molar-refractivity contribution in [3.8, 4) is 51.0 Å². The van der Waals surface area contributed by atoms with E-state index in [1.807, 2.05) is 18.2 Å². The average molecular weight is 701 g/mol. The van der Waals surface area contributed by atoms with Crippen LogP contribution in [-0.4, -0.2) is 19.5 Å². The summed E-state index contributed by atoms with van der Waals surface area (Å²) in [6.07, 6.45) is 0. The lowest BCUT2D eigenvalue weighted by Crippen LogP contribution is -2.00. The summed E-state index contributed by atoms with van der Waals surface area (Å²) in [5.41, 5.74) is 8.56. The molecule has 55 heavy (non-hydrogen) atoms. The van der Waals surface area contributed by atoms with E-state index in [4.69, 9.17) is 15.0 Å². The van der Waals surface area contributed by atoms with Gasteiger partial charge >= 0.3 is 0 Å². The molecule has 4 heteroatoms. The first-order valence-corrected chi connectivity index (χ1v) is 18.6. The fraction of sp³-hybridized carbons (Fsp3) is 0. The van der Waals surface area contributed by atoms with Crippen molar-refractivity contribution in [1.82, 2.24) is 19.5 Å². The fourth-order valence-electron chi connectivity index (χ4n) is 8.23. The molecule has 0 aliphatic carbocycles. The van der Waals surface area contributed by atoms with E-state index in [0.717, 1.165) is 39.0 Å². The van der Waals surface area contributed by atoms with Gasteiger partial charge in [0, 0.05) is 33.2 Å². The number of aromatic nitrogens is 4. The van der Waals surface area contributed by atoms with E-state index in [1.165, 1.54) is 48.7 Å². The van der Waals surface area contributed by atoms with Crippen LogP contribution in [0.2, 0.25) is 0 Å². The van der Waals surface area contributed by atoms with Gasteiger partial charge in [0.05, 0.1) is 11.0 Å². The molecule has 2 aromatic heterocycles. The second kappa shape index (κ2) is 12.6. The number of rotatable bonds is 5. The Kier molecular flexibility index (Phi) is 7.14. The predicted octanol–water partition coefficient (Wildman–Crippen LogP) is 13.1. The highest BCUT2D eigenvalue weighted by molar-refractivity contribution is 6.20. The second-order valence-electron chi connectivity index (χ2n) is 14.0. The Morgan fingerprint density at radius 2 is 0.818 bits per heavy atom. The highest BCUT2D eigenvalue weighted by atomic mass is 15.0. The minimum Gasteiger partial charge on any atom is -0.309 e. The summed E-state index contributed by atoms with van der Waals surface area (Å²) in [6.45, 7) is 0. The van der Waals surface area contributed by atoms with Gasteiger partial charge in [-0.15, -0.1) is 0 Å². The summed E-state index contributed by atoms with van der Waals surface area (Å²) in [4.78, 5) is 15.3. The molecule has 0 unspecified atom stereocenters. The number of hydrogen-bond donors (Lipinski definition) is 0. The van der Waals surface area contributed by atoms with E-state index >= 15 is 0 Å². The molecule has 256 valence electrons. The lowest BCUT2D eigenvalue weighted by molar-refractivity contribution is 1.07. The molecule has 11 rings (SSSR count). The Morgan fingerprint density at radius 1 is 0.291 bits per heavy atom. The molecule has 0 amide bonds. The molecule has 0 atom stereocenters. The van der Waals surface area contributed by atoms with E-state index in [2.05, 4.69) is 180 Å². The molecule has 4 nitrogen and oxygen atoms in total. The zero-order chi connectivity index (χ0) is 36.3. The van der Waals surface area contributed by atoms with Crippen molar-refractivity contribution < 1.29 is 0 Å². The lowest BCUT2D eigenvalue weighted by atomic mass is 9.89. The Bertz CT molecular complexity index is 3240. The van der Waals surface area contributed by atoms with Crippen LogP contribution in [0.15, 0.2) is 194 Å². The van der Waals surface area contributed by atoms with Crippen molar-refractivity contribution >= 4 is 54.1 Å². The van der Waals surface area contributed by atoms with Crippen LogP contribution in [0.1, 0.15) is 0 Å². The number of para-hydroxylation sites is 2. The number of fused-ring (bicyclic) bond motifs is 7. The zero-order valence-electron chi connectivity index (χ0n) is 29.8. The standard InChI is InChI=1S/C51H32N4/c1-3-14-35(15-4-1)49-52-50(54-51(53-49)38-28-29-43-42-21-11-12-22-46(42)55(47(43)32-38)39-17-5-2-6-18-39)36-25-23-34(24-26-36)48-41-20-10-8-16-37(41)31-45-40-19-9-7-13-33(40)27-30-44(45)48/h1-32H. The van der Waals surface area contributed by atoms with Gasteiger partial charge in [0.25, 0.3) is 0 Å². The first-order chi connectivity index (χ1) is 27.3. The maximum atomic E-state index is 5.17. The van der Waals surface area contributed by atoms with E-state index in [0.29, 0.717) is 17.5 Å². The van der Waals surface area contributed by atoms with Crippen molar-refractivity contribution in [2.75, 3.05) is 0 Å². The largest absolute Gasteiger partial charge is 0.309 e. The smallest absolute Gasteiger partial charge is 0.164 e. The van der Waals surface area contributed by atoms with Gasteiger partial charge in [0.2, 0.25) is 0 Å². The van der Waals surface area contributed by atoms with E-state index in [-0.39, 0.29) is 0 Å². The van der Waals surface area contributed by atoms with Gasteiger partial charge in [-0.25, -0.2) is 15.0 Å². The van der Waals surface area contributed by atoms with Crippen LogP contribution in [-0.2, 0) is 0 Å². The van der Waals surface area contributed by atoms with Gasteiger partial charge in [-0.05, 0) is 73.8 Å². The van der Waals surface area contributed by atoms with Crippen LogP contribution in [0.4, 0.5) is 0 Å². The van der Waals surface area contributed by atoms with Crippen molar-refractivity contribution in [1.29, 1.82) is 0 Å². The highest BCUT2D eigenvalue weighted by Gasteiger charge is 2.18. The van der Waals surface area contributed by atoms with Crippen molar-refractivity contribution in [2.24, 2.45) is 0 Å². The van der Waals surface area contributed by atoms with Crippen LogP contribution in [0, 0.1) is 0 Å². The fourth-order valence-corrected chi connectivity index (χ4v) is 8.23. The number of hydrogen-bond acceptors (Lipinski definition) is 3. The normalized spacial score (nSPS) is 11.6. The van der Waals surface area contributed by atoms with Gasteiger partial charge in [0.1, 0.15) is 0 Å². The summed E-state index contributed by atoms with van der Waals surface area (Å²) < 4.78 is 2.33. The Hall–Kier alpha value is -7.43. The Labute approximate surface area is 317 Å². The molecule has 0 saturated carbocycles. The van der Waals surface area contributed by atoms with Crippen molar-refractivity contribution in [2.45, 2.75) is 0 Å². The highest BCUT2D eigenvalue weighted by Crippen LogP contribution is 2.40. The minimum absolute atomic E-state index is 0.631. The van der Waals surface area contributed by atoms with Crippen LogP contribution < -0.4 is 0 Å². The first kappa shape index (κ1) is 31.1. The zero-order valence-corrected chi connectivity index (χ0v) is 29.8. The SMILES string of the molecule is c1ccc(-c2nc(-c3ccc(-c4c5ccccc5cc5c4ccc4ccccc45)cc3)nc(-c3ccc4c5ccccc5n(-c5ccccc5)c4c3)n2)cc1. The van der Waals surface area contributed by atoms with Gasteiger partial charge in [-0.3, -0.25) is 0 Å². The van der Waals surface area contributed by atoms with Gasteiger partial charge in [0.15, 0.2) is 17.5 Å². The van der Waals surface area contributed by atoms with E-state index in [1.54, 1.807) is 0 Å². The summed E-state index contributed by atoms with van der Waals surface area (Å²) in [5.74, 6) is 1.90. The predicted molar refractivity (Wildman–Crippen MR) is 228 cm³/mol. The van der Waals surface area contributed by atoms with Crippen LogP contribution >= 0.6 is 0 Å². The second-order valence-corrected chi connectivity index (χ2v) is 14.0. The summed E-state index contributed by atoms with van der Waals surface area (Å²) in [7, 11) is 0. The van der Waals surface area contributed by atoms with Crippen molar-refractivity contribution in [3.05, 3.63) is 194 Å². The lowest BCUT2D eigenvalue weighted by Gasteiger charge is -2.14. The molecule has 2 heterocycles. The summed E-state index contributed by atoms with van der Waals surface area (Å²) in [6, 6.07) is 68.7. The molecule has 0 aliphatic rings. The molecule has 0 bridgehead atoms. The molecular formula is C51H32N4. The molecule has 0 fully saturated rings. The molecule has 0 aliphatic heterocycles. The quantitative estimate of drug-likeness (QED) is 0.133. The minimum atomic E-state index is 0.631. The topological polar surface area (TPSA) is 43.6 Å². The maximum Gasteiger partial charge on any atom is 0.164 e. The molecule has 0 radical (unpaired) electrons. The van der Waals surface area contributed by atoms with Crippen molar-refractivity contribution in [3.63, 3.8) is 0 Å². The Balaban J connectivity index is 1.08. The summed E-state index contributed by atoms with van der Waals surface area (Å²) >= 11 is 0. The number of nitrogens with zero attached hydrogens (tertiary/aromatic N) is 4. The van der Waals surface area contributed by atoms with Crippen LogP contribution in [0.5, 0.6) is 0 Å². The average Bonchev–Trinajstić information content (AvgIpc) is 3.60. The Morgan fingerprint density at radius 3 is 1.58 bits per heavy atom. The molecular weight excluding hydrogens is 669 g/mol. The third-order valence-electron chi connectivity index (χ3n) is 10.8. The number of benzene rings is 9. The summed E-state index contributed by atoms with van der Waals surface area (Å²) in [5, 5.41) is 9.85.